The average molecular weight is 206 g/mol. The molecule has 0 unspecified atom stereocenters. The van der Waals surface area contributed by atoms with Crippen molar-refractivity contribution in [3.63, 3.8) is 0 Å². The maximum atomic E-state index is 8.73. The van der Waals surface area contributed by atoms with Crippen LogP contribution in [0.5, 0.6) is 0 Å². The molecular formula is C9H23N2OP. The van der Waals surface area contributed by atoms with Crippen molar-refractivity contribution in [3.8, 4) is 0 Å². The molecule has 0 radical (unpaired) electrons. The van der Waals surface area contributed by atoms with Crippen molar-refractivity contribution < 1.29 is 5.11 Å². The molecule has 13 heavy (non-hydrogen) atoms. The van der Waals surface area contributed by atoms with E-state index >= 15 is 0 Å². The minimum absolute atomic E-state index is 0.102. The minimum Gasteiger partial charge on any atom is -0.396 e. The summed E-state index contributed by atoms with van der Waals surface area (Å²) in [6, 6.07) is 0. The number of hydrogen-bond donors (Lipinski definition) is 3. The second-order valence-electron chi connectivity index (χ2n) is 3.20. The lowest BCUT2D eigenvalue weighted by atomic mass is 10.5. The van der Waals surface area contributed by atoms with Crippen molar-refractivity contribution >= 4 is 7.92 Å². The van der Waals surface area contributed by atoms with Crippen LogP contribution in [-0.2, 0) is 0 Å². The van der Waals surface area contributed by atoms with E-state index < -0.39 is 0 Å². The third kappa shape index (κ3) is 8.63. The van der Waals surface area contributed by atoms with Crippen LogP contribution in [0.25, 0.3) is 0 Å². The highest BCUT2D eigenvalue weighted by molar-refractivity contribution is 7.57. The Kier molecular flexibility index (Phi) is 10.6. The zero-order valence-corrected chi connectivity index (χ0v) is 9.31. The topological polar surface area (TPSA) is 72.3 Å². The summed E-state index contributed by atoms with van der Waals surface area (Å²) in [4.78, 5) is 0. The second-order valence-corrected chi connectivity index (χ2v) is 5.89. The molecule has 0 amide bonds. The van der Waals surface area contributed by atoms with E-state index in [4.69, 9.17) is 16.6 Å². The van der Waals surface area contributed by atoms with E-state index in [9.17, 15) is 0 Å². The summed E-state index contributed by atoms with van der Waals surface area (Å²) >= 11 is 0. The summed E-state index contributed by atoms with van der Waals surface area (Å²) in [6.45, 7) is 1.91. The molecule has 0 bridgehead atoms. The van der Waals surface area contributed by atoms with Gasteiger partial charge in [0.05, 0.1) is 0 Å². The van der Waals surface area contributed by atoms with Crippen molar-refractivity contribution in [2.45, 2.75) is 19.3 Å². The van der Waals surface area contributed by atoms with Crippen LogP contribution in [0.3, 0.4) is 0 Å². The van der Waals surface area contributed by atoms with Crippen molar-refractivity contribution in [2.24, 2.45) is 11.5 Å². The molecule has 0 aliphatic rings. The van der Waals surface area contributed by atoms with Gasteiger partial charge in [-0.05, 0) is 50.8 Å². The number of aliphatic hydroxyl groups excluding tert-OH is 1. The van der Waals surface area contributed by atoms with Crippen LogP contribution in [0.1, 0.15) is 19.3 Å². The normalized spacial score (nSPS) is 11.1. The van der Waals surface area contributed by atoms with Gasteiger partial charge in [0, 0.05) is 6.61 Å². The van der Waals surface area contributed by atoms with E-state index in [-0.39, 0.29) is 7.92 Å². The fraction of sp³-hybridized carbons (Fsp3) is 1.00. The Bertz CT molecular complexity index is 84.6. The molecule has 0 saturated heterocycles. The van der Waals surface area contributed by atoms with Crippen LogP contribution in [0.2, 0.25) is 0 Å². The summed E-state index contributed by atoms with van der Waals surface area (Å²) in [5.74, 6) is 0. The maximum Gasteiger partial charge on any atom is 0.0434 e. The Balaban J connectivity index is 3.47. The molecule has 0 saturated carbocycles. The standard InChI is InChI=1S/C9H23N2OP/c10-4-1-7-13(8-2-5-11)9-3-6-12/h12H,1-11H2. The molecule has 0 aliphatic heterocycles. The highest BCUT2D eigenvalue weighted by Gasteiger charge is 2.05. The number of aliphatic hydroxyl groups is 1. The van der Waals surface area contributed by atoms with Gasteiger partial charge < -0.3 is 16.6 Å². The van der Waals surface area contributed by atoms with Gasteiger partial charge in [0.1, 0.15) is 0 Å². The van der Waals surface area contributed by atoms with Gasteiger partial charge in [-0.3, -0.25) is 0 Å². The Hall–Kier alpha value is 0.310. The van der Waals surface area contributed by atoms with Crippen LogP contribution < -0.4 is 11.5 Å². The monoisotopic (exact) mass is 206 g/mol. The highest BCUT2D eigenvalue weighted by Crippen LogP contribution is 2.37. The largest absolute Gasteiger partial charge is 0.396 e. The van der Waals surface area contributed by atoms with E-state index in [1.54, 1.807) is 0 Å². The first-order chi connectivity index (χ1) is 6.35. The van der Waals surface area contributed by atoms with Gasteiger partial charge in [-0.15, -0.1) is 7.92 Å². The zero-order valence-electron chi connectivity index (χ0n) is 8.41. The van der Waals surface area contributed by atoms with Gasteiger partial charge in [-0.2, -0.15) is 0 Å². The van der Waals surface area contributed by atoms with E-state index in [2.05, 4.69) is 0 Å². The molecule has 0 spiro atoms. The van der Waals surface area contributed by atoms with Crippen LogP contribution >= 0.6 is 7.92 Å². The smallest absolute Gasteiger partial charge is 0.0434 e. The highest BCUT2D eigenvalue weighted by atomic mass is 31.1. The summed E-state index contributed by atoms with van der Waals surface area (Å²) in [5, 5.41) is 8.73. The first kappa shape index (κ1) is 13.3. The van der Waals surface area contributed by atoms with Gasteiger partial charge in [-0.25, -0.2) is 0 Å². The van der Waals surface area contributed by atoms with Crippen LogP contribution in [0.15, 0.2) is 0 Å². The molecular weight excluding hydrogens is 183 g/mol. The van der Waals surface area contributed by atoms with Crippen LogP contribution in [0.4, 0.5) is 0 Å². The molecule has 0 aromatic heterocycles. The van der Waals surface area contributed by atoms with E-state index in [0.29, 0.717) is 6.61 Å². The first-order valence-electron chi connectivity index (χ1n) is 5.08. The van der Waals surface area contributed by atoms with Crippen molar-refractivity contribution in [3.05, 3.63) is 0 Å². The minimum atomic E-state index is 0.102. The van der Waals surface area contributed by atoms with Gasteiger partial charge in [0.25, 0.3) is 0 Å². The lowest BCUT2D eigenvalue weighted by Gasteiger charge is -2.16. The summed E-state index contributed by atoms with van der Waals surface area (Å²) in [5.41, 5.74) is 10.9. The third-order valence-electron chi connectivity index (χ3n) is 1.99. The molecule has 5 N–H and O–H groups in total. The first-order valence-corrected chi connectivity index (χ1v) is 6.98. The molecule has 80 valence electrons. The van der Waals surface area contributed by atoms with Crippen molar-refractivity contribution in [1.29, 1.82) is 0 Å². The van der Waals surface area contributed by atoms with Gasteiger partial charge in [-0.1, -0.05) is 0 Å². The summed E-state index contributed by atoms with van der Waals surface area (Å²) in [6.07, 6.45) is 6.90. The molecule has 0 heterocycles. The van der Waals surface area contributed by atoms with Crippen LogP contribution in [0, 0.1) is 0 Å². The second kappa shape index (κ2) is 10.4. The van der Waals surface area contributed by atoms with Gasteiger partial charge >= 0.3 is 0 Å². The molecule has 4 heteroatoms. The molecule has 3 nitrogen and oxygen atoms in total. The average Bonchev–Trinajstić information content (AvgIpc) is 2.17. The number of nitrogens with two attached hydrogens (primary N) is 2. The number of rotatable bonds is 9. The number of hydrogen-bond acceptors (Lipinski definition) is 3. The molecule has 0 rings (SSSR count). The lowest BCUT2D eigenvalue weighted by Crippen LogP contribution is -2.07. The van der Waals surface area contributed by atoms with Gasteiger partial charge in [0.15, 0.2) is 0 Å². The summed E-state index contributed by atoms with van der Waals surface area (Å²) in [7, 11) is 0.102. The molecule has 0 atom stereocenters. The predicted molar refractivity (Wildman–Crippen MR) is 60.6 cm³/mol. The molecule has 0 aromatic rings. The Labute approximate surface area is 82.6 Å². The molecule has 0 fully saturated rings. The fourth-order valence-corrected chi connectivity index (χ4v) is 3.78. The SMILES string of the molecule is NCCCP(CCCN)CCCO. The van der Waals surface area contributed by atoms with E-state index in [1.807, 2.05) is 0 Å². The fourth-order valence-electron chi connectivity index (χ4n) is 1.26. The third-order valence-corrected chi connectivity index (χ3v) is 4.84. The lowest BCUT2D eigenvalue weighted by molar-refractivity contribution is 0.296. The Morgan fingerprint density at radius 2 is 1.31 bits per heavy atom. The molecule has 0 aromatic carbocycles. The molecule has 0 aliphatic carbocycles. The van der Waals surface area contributed by atoms with E-state index in [0.717, 1.165) is 32.4 Å². The summed E-state index contributed by atoms with van der Waals surface area (Å²) < 4.78 is 0. The maximum absolute atomic E-state index is 8.73. The Morgan fingerprint density at radius 1 is 0.846 bits per heavy atom. The van der Waals surface area contributed by atoms with Crippen molar-refractivity contribution in [2.75, 3.05) is 38.2 Å². The quantitative estimate of drug-likeness (QED) is 0.482. The Morgan fingerprint density at radius 3 is 1.69 bits per heavy atom. The zero-order chi connectivity index (χ0) is 9.94. The van der Waals surface area contributed by atoms with Crippen LogP contribution in [-0.4, -0.2) is 43.3 Å². The van der Waals surface area contributed by atoms with Crippen molar-refractivity contribution in [1.82, 2.24) is 0 Å². The predicted octanol–water partition coefficient (Wildman–Crippen LogP) is 0.548. The van der Waals surface area contributed by atoms with Gasteiger partial charge in [0.2, 0.25) is 0 Å². The van der Waals surface area contributed by atoms with E-state index in [1.165, 1.54) is 18.5 Å².